The van der Waals surface area contributed by atoms with E-state index in [-0.39, 0.29) is 5.54 Å². The minimum absolute atomic E-state index is 0.000991. The Balaban J connectivity index is 1.83. The summed E-state index contributed by atoms with van der Waals surface area (Å²) in [6, 6.07) is 8.63. The fraction of sp³-hybridized carbons (Fsp3) is 0.500. The van der Waals surface area contributed by atoms with Crippen LogP contribution < -0.4 is 5.73 Å². The molecule has 1 aromatic rings. The van der Waals surface area contributed by atoms with Crippen LogP contribution in [0, 0.1) is 0 Å². The molecule has 1 saturated carbocycles. The van der Waals surface area contributed by atoms with Gasteiger partial charge in [0, 0.05) is 12.0 Å². The average Bonchev–Trinajstić information content (AvgIpc) is 2.83. The molecule has 0 aromatic heterocycles. The van der Waals surface area contributed by atoms with Crippen molar-refractivity contribution in [2.24, 2.45) is 5.73 Å². The molecule has 1 aliphatic carbocycles. The fourth-order valence-electron chi connectivity index (χ4n) is 1.95. The Bertz CT molecular complexity index is 336. The molecular weight excluding hydrogens is 174 g/mol. The summed E-state index contributed by atoms with van der Waals surface area (Å²) >= 11 is 0. The van der Waals surface area contributed by atoms with Crippen molar-refractivity contribution in [3.8, 4) is 0 Å². The van der Waals surface area contributed by atoms with Crippen molar-refractivity contribution in [3.05, 3.63) is 35.4 Å². The molecule has 2 aliphatic rings. The van der Waals surface area contributed by atoms with Gasteiger partial charge >= 0.3 is 0 Å². The lowest BCUT2D eigenvalue weighted by Crippen LogP contribution is -2.20. The van der Waals surface area contributed by atoms with E-state index in [1.165, 1.54) is 11.1 Å². The Labute approximate surface area is 84.1 Å². The van der Waals surface area contributed by atoms with Gasteiger partial charge in [-0.05, 0) is 24.0 Å². The molecule has 74 valence electrons. The third-order valence-corrected chi connectivity index (χ3v) is 3.35. The number of hydrogen-bond donors (Lipinski definition) is 1. The van der Waals surface area contributed by atoms with Crippen molar-refractivity contribution in [1.82, 2.24) is 0 Å². The summed E-state index contributed by atoms with van der Waals surface area (Å²) in [6.45, 7) is 0.910. The van der Waals surface area contributed by atoms with Crippen molar-refractivity contribution >= 4 is 0 Å². The number of rotatable bonds is 2. The van der Waals surface area contributed by atoms with Gasteiger partial charge in [-0.3, -0.25) is 0 Å². The summed E-state index contributed by atoms with van der Waals surface area (Å²) in [4.78, 5) is 0. The molecule has 2 nitrogen and oxygen atoms in total. The molecule has 1 saturated heterocycles. The van der Waals surface area contributed by atoms with Crippen LogP contribution in [-0.2, 0) is 10.3 Å². The summed E-state index contributed by atoms with van der Waals surface area (Å²) in [7, 11) is 0. The Hall–Kier alpha value is -0.860. The Morgan fingerprint density at radius 1 is 1.21 bits per heavy atom. The van der Waals surface area contributed by atoms with Crippen LogP contribution in [0.25, 0.3) is 0 Å². The first-order chi connectivity index (χ1) is 6.78. The van der Waals surface area contributed by atoms with Crippen LogP contribution in [-0.4, -0.2) is 6.61 Å². The quantitative estimate of drug-likeness (QED) is 0.773. The van der Waals surface area contributed by atoms with E-state index in [2.05, 4.69) is 24.3 Å². The zero-order valence-corrected chi connectivity index (χ0v) is 8.20. The summed E-state index contributed by atoms with van der Waals surface area (Å²) in [5.74, 6) is 0. The van der Waals surface area contributed by atoms with Crippen LogP contribution in [0.2, 0.25) is 0 Å². The molecule has 1 atom stereocenters. The molecule has 1 aromatic carbocycles. The molecule has 14 heavy (non-hydrogen) atoms. The van der Waals surface area contributed by atoms with E-state index in [9.17, 15) is 0 Å². The van der Waals surface area contributed by atoms with E-state index < -0.39 is 0 Å². The minimum Gasteiger partial charge on any atom is -0.373 e. The largest absolute Gasteiger partial charge is 0.373 e. The van der Waals surface area contributed by atoms with E-state index >= 15 is 0 Å². The summed E-state index contributed by atoms with van der Waals surface area (Å²) in [5, 5.41) is 0. The summed E-state index contributed by atoms with van der Waals surface area (Å²) in [5.41, 5.74) is 8.68. The van der Waals surface area contributed by atoms with Gasteiger partial charge in [0.15, 0.2) is 0 Å². The van der Waals surface area contributed by atoms with Crippen LogP contribution in [0.3, 0.4) is 0 Å². The van der Waals surface area contributed by atoms with Crippen LogP contribution in [0.1, 0.15) is 36.5 Å². The molecule has 0 radical (unpaired) electrons. The van der Waals surface area contributed by atoms with Crippen molar-refractivity contribution in [2.45, 2.75) is 30.9 Å². The van der Waals surface area contributed by atoms with Crippen molar-refractivity contribution in [2.75, 3.05) is 6.61 Å². The van der Waals surface area contributed by atoms with Crippen molar-refractivity contribution in [3.63, 3.8) is 0 Å². The molecular formula is C12H15NO. The standard InChI is InChI=1S/C12H15NO/c13-12(6-7-12)10-3-1-9(2-4-10)11-5-8-14-11/h1-4,11H,5-8,13H2. The summed E-state index contributed by atoms with van der Waals surface area (Å²) < 4.78 is 5.43. The second-order valence-electron chi connectivity index (χ2n) is 4.43. The van der Waals surface area contributed by atoms with Gasteiger partial charge in [-0.2, -0.15) is 0 Å². The number of ether oxygens (including phenoxy) is 1. The second-order valence-corrected chi connectivity index (χ2v) is 4.43. The molecule has 2 heteroatoms. The average molecular weight is 189 g/mol. The number of benzene rings is 1. The molecule has 1 aliphatic heterocycles. The first-order valence-corrected chi connectivity index (χ1v) is 5.29. The Morgan fingerprint density at radius 2 is 1.86 bits per heavy atom. The van der Waals surface area contributed by atoms with Crippen LogP contribution in [0.5, 0.6) is 0 Å². The maximum Gasteiger partial charge on any atom is 0.0846 e. The van der Waals surface area contributed by atoms with Gasteiger partial charge in [0.05, 0.1) is 12.7 Å². The van der Waals surface area contributed by atoms with Gasteiger partial charge in [0.25, 0.3) is 0 Å². The Morgan fingerprint density at radius 3 is 2.29 bits per heavy atom. The van der Waals surface area contributed by atoms with Gasteiger partial charge < -0.3 is 10.5 Å². The highest BCUT2D eigenvalue weighted by Gasteiger charge is 2.39. The third-order valence-electron chi connectivity index (χ3n) is 3.35. The van der Waals surface area contributed by atoms with Crippen LogP contribution >= 0.6 is 0 Å². The molecule has 3 rings (SSSR count). The van der Waals surface area contributed by atoms with Gasteiger partial charge in [0.1, 0.15) is 0 Å². The fourth-order valence-corrected chi connectivity index (χ4v) is 1.95. The molecule has 2 N–H and O–H groups in total. The predicted molar refractivity (Wildman–Crippen MR) is 54.9 cm³/mol. The number of nitrogens with two attached hydrogens (primary N) is 1. The zero-order valence-electron chi connectivity index (χ0n) is 8.20. The molecule has 0 spiro atoms. The highest BCUT2D eigenvalue weighted by molar-refractivity contribution is 5.33. The molecule has 2 fully saturated rings. The van der Waals surface area contributed by atoms with Crippen molar-refractivity contribution < 1.29 is 4.74 Å². The van der Waals surface area contributed by atoms with Crippen molar-refractivity contribution in [1.29, 1.82) is 0 Å². The van der Waals surface area contributed by atoms with Gasteiger partial charge in [-0.1, -0.05) is 24.3 Å². The monoisotopic (exact) mass is 189 g/mol. The summed E-state index contributed by atoms with van der Waals surface area (Å²) in [6.07, 6.45) is 3.77. The smallest absolute Gasteiger partial charge is 0.0846 e. The van der Waals surface area contributed by atoms with E-state index in [1.54, 1.807) is 0 Å². The molecule has 1 heterocycles. The minimum atomic E-state index is -0.000991. The van der Waals surface area contributed by atoms with E-state index in [1.807, 2.05) is 0 Å². The van der Waals surface area contributed by atoms with E-state index in [0.29, 0.717) is 6.10 Å². The normalized spacial score (nSPS) is 28.2. The zero-order chi connectivity index (χ0) is 9.60. The molecule has 0 amide bonds. The highest BCUT2D eigenvalue weighted by Crippen LogP contribution is 2.43. The maximum absolute atomic E-state index is 6.11. The number of hydrogen-bond acceptors (Lipinski definition) is 2. The van der Waals surface area contributed by atoms with Gasteiger partial charge in [0.2, 0.25) is 0 Å². The first-order valence-electron chi connectivity index (χ1n) is 5.29. The third kappa shape index (κ3) is 1.26. The lowest BCUT2D eigenvalue weighted by atomic mass is 9.99. The predicted octanol–water partition coefficient (Wildman–Crippen LogP) is 2.10. The topological polar surface area (TPSA) is 35.2 Å². The molecule has 0 bridgehead atoms. The van der Waals surface area contributed by atoms with Crippen LogP contribution in [0.4, 0.5) is 0 Å². The molecule has 1 unspecified atom stereocenters. The lowest BCUT2D eigenvalue weighted by Gasteiger charge is -2.27. The Kier molecular flexibility index (Phi) is 1.70. The van der Waals surface area contributed by atoms with Crippen LogP contribution in [0.15, 0.2) is 24.3 Å². The second kappa shape index (κ2) is 2.81. The van der Waals surface area contributed by atoms with Gasteiger partial charge in [-0.25, -0.2) is 0 Å². The van der Waals surface area contributed by atoms with E-state index in [0.717, 1.165) is 25.9 Å². The highest BCUT2D eigenvalue weighted by atomic mass is 16.5. The maximum atomic E-state index is 6.11. The lowest BCUT2D eigenvalue weighted by molar-refractivity contribution is -0.0527. The van der Waals surface area contributed by atoms with E-state index in [4.69, 9.17) is 10.5 Å². The first kappa shape index (κ1) is 8.45. The SMILES string of the molecule is NC1(c2ccc(C3CCO3)cc2)CC1. The van der Waals surface area contributed by atoms with Gasteiger partial charge in [-0.15, -0.1) is 0 Å².